The summed E-state index contributed by atoms with van der Waals surface area (Å²) in [6, 6.07) is 0. The molecule has 0 amide bonds. The van der Waals surface area contributed by atoms with Gasteiger partial charge in [0.1, 0.15) is 0 Å². The molecule has 0 bridgehead atoms. The average molecular weight is 220 g/mol. The molecule has 0 aliphatic heterocycles. The quantitative estimate of drug-likeness (QED) is 0.447. The fourth-order valence-electron chi connectivity index (χ4n) is 1.17. The van der Waals surface area contributed by atoms with Gasteiger partial charge in [-0.3, -0.25) is 4.99 Å². The number of nitrogens with one attached hydrogen (secondary N) is 1. The number of thioether (sulfide) groups is 1. The highest BCUT2D eigenvalue weighted by molar-refractivity contribution is 8.13. The number of aliphatic imine (C=N–C) groups is 1. The second-order valence-corrected chi connectivity index (χ2v) is 4.06. The van der Waals surface area contributed by atoms with Crippen LogP contribution in [0.3, 0.4) is 0 Å². The predicted octanol–water partition coefficient (Wildman–Crippen LogP) is 2.88. The zero-order chi connectivity index (χ0) is 11.1. The minimum Gasteiger partial charge on any atom is -0.335 e. The summed E-state index contributed by atoms with van der Waals surface area (Å²) in [5.41, 5.74) is 2.15. The van der Waals surface area contributed by atoms with E-state index in [0.717, 1.165) is 23.0 Å². The molecular formula is C12H16N2S. The number of hydrogen-bond donors (Lipinski definition) is 1. The lowest BCUT2D eigenvalue weighted by atomic mass is 10.2. The summed E-state index contributed by atoms with van der Waals surface area (Å²) < 4.78 is 0. The summed E-state index contributed by atoms with van der Waals surface area (Å²) in [5, 5.41) is 4.09. The average Bonchev–Trinajstić information content (AvgIpc) is 2.77. The Morgan fingerprint density at radius 1 is 1.73 bits per heavy atom. The van der Waals surface area contributed by atoms with Gasteiger partial charge in [0.15, 0.2) is 5.17 Å². The van der Waals surface area contributed by atoms with Gasteiger partial charge in [-0.1, -0.05) is 42.6 Å². The van der Waals surface area contributed by atoms with E-state index < -0.39 is 0 Å². The Morgan fingerprint density at radius 2 is 2.53 bits per heavy atom. The van der Waals surface area contributed by atoms with Crippen molar-refractivity contribution < 1.29 is 0 Å². The molecule has 0 unspecified atom stereocenters. The standard InChI is InChI=1S/C12H16N2S/c1-4-9-15-12(13-3)14-10(2)11-7-5-6-8-11/h4-7H,1-2,8-9H2,3H3,(H,13,14). The SMILES string of the molecule is C=CCSC(=NC)NC(=C)C1=CC=CC1. The van der Waals surface area contributed by atoms with Crippen molar-refractivity contribution in [3.63, 3.8) is 0 Å². The zero-order valence-corrected chi connectivity index (χ0v) is 9.81. The van der Waals surface area contributed by atoms with Gasteiger partial charge in [0, 0.05) is 18.5 Å². The van der Waals surface area contributed by atoms with Gasteiger partial charge in [0.2, 0.25) is 0 Å². The normalized spacial score (nSPS) is 15.0. The molecule has 15 heavy (non-hydrogen) atoms. The Hall–Kier alpha value is -1.22. The van der Waals surface area contributed by atoms with Gasteiger partial charge in [-0.15, -0.1) is 6.58 Å². The third-order valence-corrected chi connectivity index (χ3v) is 2.92. The van der Waals surface area contributed by atoms with Gasteiger partial charge in [-0.2, -0.15) is 0 Å². The molecule has 1 N–H and O–H groups in total. The maximum Gasteiger partial charge on any atom is 0.161 e. The van der Waals surface area contributed by atoms with Crippen LogP contribution in [-0.4, -0.2) is 18.0 Å². The first kappa shape index (κ1) is 11.9. The van der Waals surface area contributed by atoms with Crippen molar-refractivity contribution in [2.75, 3.05) is 12.8 Å². The maximum absolute atomic E-state index is 4.15. The first-order valence-electron chi connectivity index (χ1n) is 4.80. The van der Waals surface area contributed by atoms with Crippen LogP contribution in [0.15, 0.2) is 53.7 Å². The van der Waals surface area contributed by atoms with Crippen molar-refractivity contribution in [2.24, 2.45) is 4.99 Å². The van der Waals surface area contributed by atoms with Crippen molar-refractivity contribution in [2.45, 2.75) is 6.42 Å². The van der Waals surface area contributed by atoms with Crippen molar-refractivity contribution in [3.8, 4) is 0 Å². The van der Waals surface area contributed by atoms with Crippen LogP contribution in [-0.2, 0) is 0 Å². The molecule has 0 aromatic rings. The molecule has 80 valence electrons. The van der Waals surface area contributed by atoms with E-state index in [4.69, 9.17) is 0 Å². The summed E-state index contributed by atoms with van der Waals surface area (Å²) in [6.45, 7) is 7.67. The Balaban J connectivity index is 2.45. The van der Waals surface area contributed by atoms with E-state index in [1.54, 1.807) is 18.8 Å². The summed E-state index contributed by atoms with van der Waals surface area (Å²) in [5.74, 6) is 0.851. The summed E-state index contributed by atoms with van der Waals surface area (Å²) >= 11 is 1.62. The van der Waals surface area contributed by atoms with Crippen LogP contribution in [0.2, 0.25) is 0 Å². The highest BCUT2D eigenvalue weighted by Crippen LogP contribution is 2.17. The third kappa shape index (κ3) is 3.80. The molecule has 1 aliphatic carbocycles. The predicted molar refractivity (Wildman–Crippen MR) is 70.1 cm³/mol. The fraction of sp³-hybridized carbons (Fsp3) is 0.250. The van der Waals surface area contributed by atoms with Crippen LogP contribution in [0.1, 0.15) is 6.42 Å². The highest BCUT2D eigenvalue weighted by atomic mass is 32.2. The topological polar surface area (TPSA) is 24.4 Å². The van der Waals surface area contributed by atoms with E-state index in [1.807, 2.05) is 12.2 Å². The molecule has 0 saturated carbocycles. The van der Waals surface area contributed by atoms with Gasteiger partial charge in [0.25, 0.3) is 0 Å². The Kier molecular flexibility index (Phi) is 4.98. The van der Waals surface area contributed by atoms with E-state index in [9.17, 15) is 0 Å². The van der Waals surface area contributed by atoms with E-state index in [1.165, 1.54) is 5.57 Å². The Labute approximate surface area is 95.6 Å². The first-order chi connectivity index (χ1) is 7.27. The summed E-state index contributed by atoms with van der Waals surface area (Å²) in [7, 11) is 1.77. The molecule has 2 nitrogen and oxygen atoms in total. The van der Waals surface area contributed by atoms with E-state index >= 15 is 0 Å². The molecule has 0 heterocycles. The molecule has 0 aromatic carbocycles. The molecule has 0 fully saturated rings. The molecule has 3 heteroatoms. The molecule has 0 spiro atoms. The van der Waals surface area contributed by atoms with Gasteiger partial charge >= 0.3 is 0 Å². The van der Waals surface area contributed by atoms with Crippen molar-refractivity contribution >= 4 is 16.9 Å². The van der Waals surface area contributed by atoms with Crippen LogP contribution in [0.4, 0.5) is 0 Å². The Bertz CT molecular complexity index is 338. The van der Waals surface area contributed by atoms with E-state index in [0.29, 0.717) is 0 Å². The number of allylic oxidation sites excluding steroid dienone is 4. The van der Waals surface area contributed by atoms with Crippen LogP contribution in [0.5, 0.6) is 0 Å². The Morgan fingerprint density at radius 3 is 3.07 bits per heavy atom. The molecule has 0 saturated heterocycles. The summed E-state index contributed by atoms with van der Waals surface area (Å²) in [6.07, 6.45) is 9.04. The van der Waals surface area contributed by atoms with Gasteiger partial charge < -0.3 is 5.32 Å². The number of amidine groups is 1. The molecule has 1 rings (SSSR count). The smallest absolute Gasteiger partial charge is 0.161 e. The number of hydrogen-bond acceptors (Lipinski definition) is 2. The van der Waals surface area contributed by atoms with Crippen LogP contribution in [0.25, 0.3) is 0 Å². The van der Waals surface area contributed by atoms with Crippen LogP contribution < -0.4 is 5.32 Å². The van der Waals surface area contributed by atoms with Crippen molar-refractivity contribution in [1.29, 1.82) is 0 Å². The van der Waals surface area contributed by atoms with Gasteiger partial charge in [-0.05, 0) is 12.0 Å². The first-order valence-corrected chi connectivity index (χ1v) is 5.79. The van der Waals surface area contributed by atoms with Crippen LogP contribution >= 0.6 is 11.8 Å². The van der Waals surface area contributed by atoms with Gasteiger partial charge in [-0.25, -0.2) is 0 Å². The van der Waals surface area contributed by atoms with Crippen molar-refractivity contribution in [3.05, 3.63) is 48.7 Å². The molecular weight excluding hydrogens is 204 g/mol. The minimum atomic E-state index is 0.851. The minimum absolute atomic E-state index is 0.851. The fourth-order valence-corrected chi connectivity index (χ4v) is 1.77. The number of nitrogens with zero attached hydrogens (tertiary/aromatic N) is 1. The molecule has 0 atom stereocenters. The zero-order valence-electron chi connectivity index (χ0n) is 8.99. The lowest BCUT2D eigenvalue weighted by molar-refractivity contribution is 1.11. The molecule has 1 aliphatic rings. The molecule has 0 aromatic heterocycles. The second-order valence-electron chi connectivity index (χ2n) is 3.06. The second kappa shape index (κ2) is 6.30. The van der Waals surface area contributed by atoms with Gasteiger partial charge in [0.05, 0.1) is 0 Å². The highest BCUT2D eigenvalue weighted by Gasteiger charge is 2.06. The number of rotatable bonds is 4. The lowest BCUT2D eigenvalue weighted by Gasteiger charge is -2.11. The monoisotopic (exact) mass is 220 g/mol. The maximum atomic E-state index is 4.15. The molecule has 0 radical (unpaired) electrons. The van der Waals surface area contributed by atoms with Crippen molar-refractivity contribution in [1.82, 2.24) is 5.32 Å². The van der Waals surface area contributed by atoms with E-state index in [2.05, 4.69) is 35.6 Å². The summed E-state index contributed by atoms with van der Waals surface area (Å²) in [4.78, 5) is 4.15. The third-order valence-electron chi connectivity index (χ3n) is 1.96. The largest absolute Gasteiger partial charge is 0.335 e. The lowest BCUT2D eigenvalue weighted by Crippen LogP contribution is -2.20. The van der Waals surface area contributed by atoms with Crippen LogP contribution in [0, 0.1) is 0 Å². The van der Waals surface area contributed by atoms with E-state index in [-0.39, 0.29) is 0 Å².